The molecule has 0 fully saturated rings. The number of anilines is 3. The van der Waals surface area contributed by atoms with Crippen molar-refractivity contribution in [3.8, 4) is 0 Å². The average molecular weight is 446 g/mol. The van der Waals surface area contributed by atoms with E-state index in [1.54, 1.807) is 13.0 Å². The van der Waals surface area contributed by atoms with Gasteiger partial charge in [-0.15, -0.1) is 0 Å². The molecule has 3 heterocycles. The van der Waals surface area contributed by atoms with Crippen LogP contribution >= 0.6 is 0 Å². The lowest BCUT2D eigenvalue weighted by Crippen LogP contribution is -2.21. The van der Waals surface area contributed by atoms with Gasteiger partial charge in [0.1, 0.15) is 5.82 Å². The second-order valence-corrected chi connectivity index (χ2v) is 5.88. The highest BCUT2D eigenvalue weighted by Gasteiger charge is 2.38. The molecule has 0 amide bonds. The first-order valence-electron chi connectivity index (χ1n) is 8.31. The molecule has 31 heavy (non-hydrogen) atoms. The number of hydrogen-bond donors (Lipinski definition) is 4. The molecular weight excluding hydrogens is 431 g/mol. The number of aryl methyl sites for hydroxylation is 1. The number of aromatic nitrogens is 6. The van der Waals surface area contributed by atoms with E-state index >= 15 is 0 Å². The van der Waals surface area contributed by atoms with E-state index in [9.17, 15) is 22.0 Å². The Morgan fingerprint density at radius 3 is 2.29 bits per heavy atom. The fraction of sp³-hybridized carbons (Fsp3) is 0.250. The molecule has 10 nitrogen and oxygen atoms in total. The van der Waals surface area contributed by atoms with Crippen LogP contribution in [0.15, 0.2) is 24.7 Å². The summed E-state index contributed by atoms with van der Waals surface area (Å²) in [7, 11) is 0. The lowest BCUT2D eigenvalue weighted by atomic mass is 10.3. The number of carboxylic acid groups (broad SMARTS) is 1. The molecule has 1 atom stereocenters. The predicted molar refractivity (Wildman–Crippen MR) is 96.3 cm³/mol. The average Bonchev–Trinajstić information content (AvgIpc) is 3.09. The van der Waals surface area contributed by atoms with Crippen LogP contribution in [0.3, 0.4) is 0 Å². The molecule has 3 rings (SSSR count). The third-order valence-electron chi connectivity index (χ3n) is 3.31. The Morgan fingerprint density at radius 2 is 1.77 bits per heavy atom. The first-order chi connectivity index (χ1) is 14.5. The Bertz CT molecular complexity index is 1030. The van der Waals surface area contributed by atoms with Gasteiger partial charge in [-0.25, -0.2) is 28.5 Å². The Morgan fingerprint density at radius 1 is 1.16 bits per heavy atom. The minimum absolute atomic E-state index is 0.0220. The van der Waals surface area contributed by atoms with Gasteiger partial charge in [0.25, 0.3) is 0 Å². The summed E-state index contributed by atoms with van der Waals surface area (Å²) in [5.74, 6) is -2.95. The molecule has 0 spiro atoms. The molecule has 166 valence electrons. The number of rotatable bonds is 5. The van der Waals surface area contributed by atoms with Crippen molar-refractivity contribution in [2.24, 2.45) is 0 Å². The SMILES string of the molecule is Cc1cc(Nc2nc(N[C@@H](C)c3ncc(F)cn3)ncc2F)n[nH]1.O=C(O)C(F)(F)F. The smallest absolute Gasteiger partial charge is 0.475 e. The van der Waals surface area contributed by atoms with Gasteiger partial charge < -0.3 is 15.7 Å². The molecule has 15 heteroatoms. The molecule has 0 aliphatic rings. The molecule has 0 aromatic carbocycles. The highest BCUT2D eigenvalue weighted by molar-refractivity contribution is 5.73. The van der Waals surface area contributed by atoms with Crippen LogP contribution in [0.4, 0.5) is 39.5 Å². The van der Waals surface area contributed by atoms with Crippen molar-refractivity contribution < 1.29 is 31.9 Å². The zero-order valence-corrected chi connectivity index (χ0v) is 15.9. The standard InChI is InChI=1S/C14H14F2N8.C2HF3O2/c1-7-3-11(24-23-7)21-13-10(16)6-19-14(22-13)20-8(2)12-17-4-9(15)5-18-12;3-2(4,5)1(6)7/h3-6,8H,1-2H3,(H3,19,20,21,22,23,24);(H,6,7)/t8-;/m0./s1. The van der Waals surface area contributed by atoms with Crippen molar-refractivity contribution >= 4 is 23.6 Å². The maximum absolute atomic E-state index is 13.8. The van der Waals surface area contributed by atoms with Gasteiger partial charge in [0.05, 0.1) is 24.6 Å². The fourth-order valence-corrected chi connectivity index (χ4v) is 1.93. The third-order valence-corrected chi connectivity index (χ3v) is 3.31. The molecular formula is C16H15F5N8O2. The van der Waals surface area contributed by atoms with Crippen LogP contribution in [0.5, 0.6) is 0 Å². The summed E-state index contributed by atoms with van der Waals surface area (Å²) in [6.07, 6.45) is -1.91. The van der Waals surface area contributed by atoms with E-state index in [0.29, 0.717) is 11.6 Å². The number of halogens is 5. The second kappa shape index (κ2) is 9.73. The van der Waals surface area contributed by atoms with Crippen molar-refractivity contribution in [2.75, 3.05) is 10.6 Å². The minimum atomic E-state index is -5.08. The summed E-state index contributed by atoms with van der Waals surface area (Å²) in [4.78, 5) is 24.6. The second-order valence-electron chi connectivity index (χ2n) is 5.88. The number of carbonyl (C=O) groups is 1. The summed E-state index contributed by atoms with van der Waals surface area (Å²) < 4.78 is 58.4. The lowest BCUT2D eigenvalue weighted by molar-refractivity contribution is -0.192. The summed E-state index contributed by atoms with van der Waals surface area (Å²) in [6.45, 7) is 3.58. The van der Waals surface area contributed by atoms with E-state index in [-0.39, 0.29) is 11.8 Å². The maximum Gasteiger partial charge on any atom is 0.490 e. The van der Waals surface area contributed by atoms with E-state index in [1.807, 2.05) is 6.92 Å². The molecule has 0 saturated carbocycles. The maximum atomic E-state index is 13.8. The van der Waals surface area contributed by atoms with Crippen LogP contribution in [0, 0.1) is 18.6 Å². The van der Waals surface area contributed by atoms with Gasteiger partial charge in [0.2, 0.25) is 5.95 Å². The van der Waals surface area contributed by atoms with Crippen molar-refractivity contribution in [1.29, 1.82) is 0 Å². The summed E-state index contributed by atoms with van der Waals surface area (Å²) in [6, 6.07) is 1.32. The zero-order chi connectivity index (χ0) is 23.2. The lowest BCUT2D eigenvalue weighted by Gasteiger charge is -2.13. The largest absolute Gasteiger partial charge is 0.490 e. The molecule has 0 radical (unpaired) electrons. The van der Waals surface area contributed by atoms with Gasteiger partial charge in [-0.1, -0.05) is 0 Å². The number of alkyl halides is 3. The van der Waals surface area contributed by atoms with Gasteiger partial charge in [0.15, 0.2) is 23.3 Å². The monoisotopic (exact) mass is 446 g/mol. The molecule has 0 aliphatic heterocycles. The topological polar surface area (TPSA) is 142 Å². The van der Waals surface area contributed by atoms with Crippen molar-refractivity contribution in [1.82, 2.24) is 30.1 Å². The van der Waals surface area contributed by atoms with Crippen LogP contribution in [-0.2, 0) is 4.79 Å². The Kier molecular flexibility index (Phi) is 7.33. The first kappa shape index (κ1) is 23.4. The van der Waals surface area contributed by atoms with Crippen LogP contribution in [-0.4, -0.2) is 47.4 Å². The van der Waals surface area contributed by atoms with Crippen molar-refractivity contribution in [2.45, 2.75) is 26.1 Å². The number of H-pyrrole nitrogens is 1. The van der Waals surface area contributed by atoms with Crippen molar-refractivity contribution in [3.63, 3.8) is 0 Å². The van der Waals surface area contributed by atoms with Gasteiger partial charge in [-0.3, -0.25) is 5.10 Å². The Balaban J connectivity index is 0.000000423. The number of hydrogen-bond acceptors (Lipinski definition) is 8. The van der Waals surface area contributed by atoms with Crippen LogP contribution in [0.25, 0.3) is 0 Å². The highest BCUT2D eigenvalue weighted by Crippen LogP contribution is 2.19. The van der Waals surface area contributed by atoms with Crippen molar-refractivity contribution in [3.05, 3.63) is 47.8 Å². The third kappa shape index (κ3) is 7.13. The van der Waals surface area contributed by atoms with Crippen LogP contribution in [0.2, 0.25) is 0 Å². The molecule has 0 saturated heterocycles. The Labute approximate surface area is 171 Å². The van der Waals surface area contributed by atoms with Gasteiger partial charge >= 0.3 is 12.1 Å². The molecule has 3 aromatic rings. The normalized spacial score (nSPS) is 11.8. The van der Waals surface area contributed by atoms with E-state index < -0.39 is 29.8 Å². The number of nitrogens with one attached hydrogen (secondary N) is 3. The first-order valence-corrected chi connectivity index (χ1v) is 8.31. The minimum Gasteiger partial charge on any atom is -0.475 e. The van der Waals surface area contributed by atoms with Gasteiger partial charge in [-0.2, -0.15) is 23.3 Å². The van der Waals surface area contributed by atoms with E-state index in [4.69, 9.17) is 9.90 Å². The number of nitrogens with zero attached hydrogens (tertiary/aromatic N) is 5. The number of aromatic amines is 1. The highest BCUT2D eigenvalue weighted by atomic mass is 19.4. The van der Waals surface area contributed by atoms with Gasteiger partial charge in [-0.05, 0) is 13.8 Å². The summed E-state index contributed by atoms with van der Waals surface area (Å²) >= 11 is 0. The number of aliphatic carboxylic acids is 1. The predicted octanol–water partition coefficient (Wildman–Crippen LogP) is 3.13. The molecule has 0 aliphatic carbocycles. The molecule has 0 unspecified atom stereocenters. The van der Waals surface area contributed by atoms with Crippen LogP contribution < -0.4 is 10.6 Å². The summed E-state index contributed by atoms with van der Waals surface area (Å²) in [5, 5.41) is 19.5. The molecule has 4 N–H and O–H groups in total. The van der Waals surface area contributed by atoms with Gasteiger partial charge in [0, 0.05) is 11.8 Å². The fourth-order valence-electron chi connectivity index (χ4n) is 1.93. The molecule has 0 bridgehead atoms. The quantitative estimate of drug-likeness (QED) is 0.435. The van der Waals surface area contributed by atoms with E-state index in [0.717, 1.165) is 24.3 Å². The number of carboxylic acids is 1. The Hall–Kier alpha value is -3.91. The van der Waals surface area contributed by atoms with E-state index in [2.05, 4.69) is 40.8 Å². The zero-order valence-electron chi connectivity index (χ0n) is 15.9. The van der Waals surface area contributed by atoms with E-state index in [1.165, 1.54) is 0 Å². The van der Waals surface area contributed by atoms with Crippen LogP contribution in [0.1, 0.15) is 24.5 Å². The molecule has 3 aromatic heterocycles. The summed E-state index contributed by atoms with van der Waals surface area (Å²) in [5.41, 5.74) is 0.826.